The third kappa shape index (κ3) is 3.09. The number of likely N-dealkylation sites (tertiary alicyclic amines) is 1. The van der Waals surface area contributed by atoms with Gasteiger partial charge in [0.1, 0.15) is 5.75 Å². The van der Waals surface area contributed by atoms with Crippen LogP contribution in [-0.4, -0.2) is 45.8 Å². The summed E-state index contributed by atoms with van der Waals surface area (Å²) in [4.78, 5) is 15.8. The maximum Gasteiger partial charge on any atom is 0.223 e. The SMILES string of the molecule is O=C(NCc1ccccc1)[C@@H]1C[C@]23CCN(CC4CC4)[C@H](Cc4ccc(O)cc42)[C@]3(O)C1. The van der Waals surface area contributed by atoms with Gasteiger partial charge in [-0.2, -0.15) is 0 Å². The standard InChI is InChI=1S/C27H32N2O3/c30-22-9-8-20-12-24-27(32)15-21(25(31)28-16-18-4-2-1-3-5-18)14-26(27,23(20)13-22)10-11-29(24)17-19-6-7-19/h1-5,8-9,13,19,21,24,30,32H,6-7,10-12,14-17H2,(H,28,31)/t21-,24-,26-,27-/m1/s1. The molecule has 2 saturated carbocycles. The second-order valence-electron chi connectivity index (χ2n) is 10.6. The molecule has 2 bridgehead atoms. The topological polar surface area (TPSA) is 72.8 Å². The molecule has 0 spiro atoms. The van der Waals surface area contributed by atoms with E-state index >= 15 is 0 Å². The fourth-order valence-corrected chi connectivity index (χ4v) is 6.94. The summed E-state index contributed by atoms with van der Waals surface area (Å²) >= 11 is 0. The van der Waals surface area contributed by atoms with Crippen molar-refractivity contribution >= 4 is 5.91 Å². The van der Waals surface area contributed by atoms with Crippen LogP contribution in [0.25, 0.3) is 0 Å². The minimum atomic E-state index is -0.935. The molecule has 3 N–H and O–H groups in total. The molecule has 5 nitrogen and oxygen atoms in total. The third-order valence-electron chi connectivity index (χ3n) is 8.69. The molecule has 1 aliphatic heterocycles. The lowest BCUT2D eigenvalue weighted by Crippen LogP contribution is -2.69. The molecule has 1 amide bonds. The van der Waals surface area contributed by atoms with Gasteiger partial charge in [0.25, 0.3) is 0 Å². The van der Waals surface area contributed by atoms with Gasteiger partial charge in [0, 0.05) is 30.5 Å². The van der Waals surface area contributed by atoms with Crippen molar-refractivity contribution in [2.24, 2.45) is 11.8 Å². The fraction of sp³-hybridized carbons (Fsp3) is 0.519. The molecular weight excluding hydrogens is 400 g/mol. The Morgan fingerprint density at radius 3 is 2.72 bits per heavy atom. The number of benzene rings is 2. The Kier molecular flexibility index (Phi) is 4.63. The first-order valence-electron chi connectivity index (χ1n) is 12.1. The predicted octanol–water partition coefficient (Wildman–Crippen LogP) is 3.13. The van der Waals surface area contributed by atoms with Gasteiger partial charge in [0.05, 0.1) is 5.60 Å². The summed E-state index contributed by atoms with van der Waals surface area (Å²) in [6, 6.07) is 15.7. The van der Waals surface area contributed by atoms with Crippen molar-refractivity contribution in [2.45, 2.75) is 62.1 Å². The second-order valence-corrected chi connectivity index (χ2v) is 10.6. The number of phenolic OH excluding ortho intramolecular Hbond substituents is 1. The normalized spacial score (nSPS) is 33.4. The maximum absolute atomic E-state index is 13.3. The summed E-state index contributed by atoms with van der Waals surface area (Å²) in [5.74, 6) is 0.822. The molecule has 32 heavy (non-hydrogen) atoms. The quantitative estimate of drug-likeness (QED) is 0.679. The molecule has 0 unspecified atom stereocenters. The number of piperidine rings is 1. The molecule has 0 aromatic heterocycles. The number of carbonyl (C=O) groups is 1. The number of rotatable bonds is 5. The molecule has 4 aliphatic rings. The Bertz CT molecular complexity index is 1040. The van der Waals surface area contributed by atoms with Crippen LogP contribution in [0.4, 0.5) is 0 Å². The molecule has 3 fully saturated rings. The Morgan fingerprint density at radius 2 is 1.94 bits per heavy atom. The zero-order valence-corrected chi connectivity index (χ0v) is 18.5. The average Bonchev–Trinajstić information content (AvgIpc) is 3.54. The molecule has 168 valence electrons. The van der Waals surface area contributed by atoms with Gasteiger partial charge in [-0.15, -0.1) is 0 Å². The second kappa shape index (κ2) is 7.32. The van der Waals surface area contributed by atoms with E-state index in [-0.39, 0.29) is 23.6 Å². The van der Waals surface area contributed by atoms with Gasteiger partial charge in [0.15, 0.2) is 0 Å². The third-order valence-corrected chi connectivity index (χ3v) is 8.69. The number of nitrogens with zero attached hydrogens (tertiary/aromatic N) is 1. The summed E-state index contributed by atoms with van der Waals surface area (Å²) in [6.07, 6.45) is 5.36. The lowest BCUT2D eigenvalue weighted by atomic mass is 9.56. The Labute approximate surface area is 189 Å². The van der Waals surface area contributed by atoms with Gasteiger partial charge in [-0.25, -0.2) is 0 Å². The van der Waals surface area contributed by atoms with Crippen LogP contribution >= 0.6 is 0 Å². The lowest BCUT2D eigenvalue weighted by molar-refractivity contribution is -0.134. The zero-order valence-electron chi connectivity index (χ0n) is 18.5. The van der Waals surface area contributed by atoms with Crippen LogP contribution < -0.4 is 5.32 Å². The van der Waals surface area contributed by atoms with Crippen LogP contribution in [0.15, 0.2) is 48.5 Å². The van der Waals surface area contributed by atoms with Gasteiger partial charge >= 0.3 is 0 Å². The van der Waals surface area contributed by atoms with Crippen molar-refractivity contribution in [2.75, 3.05) is 13.1 Å². The van der Waals surface area contributed by atoms with Crippen LogP contribution in [0.2, 0.25) is 0 Å². The van der Waals surface area contributed by atoms with E-state index in [1.54, 1.807) is 6.07 Å². The number of nitrogens with one attached hydrogen (secondary N) is 1. The van der Waals surface area contributed by atoms with E-state index in [0.29, 0.717) is 19.4 Å². The number of phenols is 1. The van der Waals surface area contributed by atoms with Gasteiger partial charge in [0.2, 0.25) is 5.91 Å². The van der Waals surface area contributed by atoms with Gasteiger partial charge in [-0.05, 0) is 79.8 Å². The molecular formula is C27H32N2O3. The van der Waals surface area contributed by atoms with E-state index in [2.05, 4.69) is 10.2 Å². The van der Waals surface area contributed by atoms with Crippen molar-refractivity contribution in [3.05, 3.63) is 65.2 Å². The summed E-state index contributed by atoms with van der Waals surface area (Å²) in [5.41, 5.74) is 1.98. The van der Waals surface area contributed by atoms with E-state index in [1.807, 2.05) is 42.5 Å². The predicted molar refractivity (Wildman–Crippen MR) is 122 cm³/mol. The molecule has 3 aliphatic carbocycles. The highest BCUT2D eigenvalue weighted by Crippen LogP contribution is 2.62. The van der Waals surface area contributed by atoms with Crippen molar-refractivity contribution in [1.82, 2.24) is 10.2 Å². The number of amides is 1. The number of aliphatic hydroxyl groups is 1. The first-order valence-corrected chi connectivity index (χ1v) is 12.1. The van der Waals surface area contributed by atoms with E-state index in [0.717, 1.165) is 43.0 Å². The first-order chi connectivity index (χ1) is 15.5. The van der Waals surface area contributed by atoms with Crippen LogP contribution in [0.5, 0.6) is 5.75 Å². The molecule has 0 radical (unpaired) electrons. The summed E-state index contributed by atoms with van der Waals surface area (Å²) in [6.45, 7) is 2.52. The van der Waals surface area contributed by atoms with Gasteiger partial charge < -0.3 is 15.5 Å². The van der Waals surface area contributed by atoms with Crippen molar-refractivity contribution in [1.29, 1.82) is 0 Å². The highest BCUT2D eigenvalue weighted by molar-refractivity contribution is 5.80. The van der Waals surface area contributed by atoms with Crippen LogP contribution in [0, 0.1) is 11.8 Å². The Hall–Kier alpha value is -2.37. The summed E-state index contributed by atoms with van der Waals surface area (Å²) < 4.78 is 0. The molecule has 5 heteroatoms. The van der Waals surface area contributed by atoms with E-state index < -0.39 is 11.0 Å². The van der Waals surface area contributed by atoms with E-state index in [9.17, 15) is 15.0 Å². The molecule has 2 aromatic carbocycles. The minimum Gasteiger partial charge on any atom is -0.508 e. The van der Waals surface area contributed by atoms with Crippen molar-refractivity contribution < 1.29 is 15.0 Å². The molecule has 1 saturated heterocycles. The number of aromatic hydroxyl groups is 1. The van der Waals surface area contributed by atoms with E-state index in [1.165, 1.54) is 18.4 Å². The van der Waals surface area contributed by atoms with Gasteiger partial charge in [-0.1, -0.05) is 36.4 Å². The molecule has 6 rings (SSSR count). The largest absolute Gasteiger partial charge is 0.508 e. The molecule has 1 heterocycles. The molecule has 2 aromatic rings. The average molecular weight is 433 g/mol. The van der Waals surface area contributed by atoms with Crippen molar-refractivity contribution in [3.63, 3.8) is 0 Å². The van der Waals surface area contributed by atoms with Gasteiger partial charge in [-0.3, -0.25) is 9.69 Å². The van der Waals surface area contributed by atoms with Crippen LogP contribution in [-0.2, 0) is 23.2 Å². The number of hydrogen-bond acceptors (Lipinski definition) is 4. The minimum absolute atomic E-state index is 0.0344. The number of hydrogen-bond donors (Lipinski definition) is 3. The van der Waals surface area contributed by atoms with Crippen molar-refractivity contribution in [3.8, 4) is 5.75 Å². The first kappa shape index (κ1) is 20.3. The maximum atomic E-state index is 13.3. The summed E-state index contributed by atoms with van der Waals surface area (Å²) in [7, 11) is 0. The lowest BCUT2D eigenvalue weighted by Gasteiger charge is -2.59. The zero-order chi connectivity index (χ0) is 21.9. The van der Waals surface area contributed by atoms with E-state index in [4.69, 9.17) is 0 Å². The highest BCUT2D eigenvalue weighted by Gasteiger charge is 2.68. The molecule has 4 atom stereocenters. The van der Waals surface area contributed by atoms with Crippen LogP contribution in [0.3, 0.4) is 0 Å². The highest BCUT2D eigenvalue weighted by atomic mass is 16.3. The smallest absolute Gasteiger partial charge is 0.223 e. The monoisotopic (exact) mass is 432 g/mol. The summed E-state index contributed by atoms with van der Waals surface area (Å²) in [5, 5.41) is 25.7. The Balaban J connectivity index is 1.32. The van der Waals surface area contributed by atoms with Crippen LogP contribution in [0.1, 0.15) is 48.8 Å². The fourth-order valence-electron chi connectivity index (χ4n) is 6.94. The number of fused-ring (bicyclic) bond motifs is 1. The Morgan fingerprint density at radius 1 is 1.12 bits per heavy atom. The number of carbonyl (C=O) groups excluding carboxylic acids is 1.